The Morgan fingerprint density at radius 3 is 2.76 bits per heavy atom. The molecule has 0 fully saturated rings. The summed E-state index contributed by atoms with van der Waals surface area (Å²) in [6.07, 6.45) is 0. The topological polar surface area (TPSA) is 85.4 Å². The summed E-state index contributed by atoms with van der Waals surface area (Å²) in [5.74, 6) is -0.772. The second kappa shape index (κ2) is 4.94. The third-order valence-corrected chi connectivity index (χ3v) is 3.36. The number of nitrogens with zero attached hydrogens (tertiary/aromatic N) is 1. The van der Waals surface area contributed by atoms with Gasteiger partial charge in [0.2, 0.25) is 0 Å². The number of carbonyl (C=O) groups is 1. The molecule has 0 atom stereocenters. The number of fused-ring (bicyclic) bond motifs is 2. The lowest BCUT2D eigenvalue weighted by molar-refractivity contribution is 0.0523. The number of esters is 1. The van der Waals surface area contributed by atoms with Gasteiger partial charge in [-0.25, -0.2) is 9.78 Å². The van der Waals surface area contributed by atoms with Crippen molar-refractivity contribution in [2.24, 2.45) is 0 Å². The number of aromatic hydroxyl groups is 1. The molecule has 0 bridgehead atoms. The van der Waals surface area contributed by atoms with E-state index in [1.54, 1.807) is 13.0 Å². The minimum Gasteiger partial charge on any atom is -0.506 e. The molecule has 1 heterocycles. The number of hydrogen-bond acceptors (Lipinski definition) is 5. The van der Waals surface area contributed by atoms with E-state index in [2.05, 4.69) is 4.98 Å². The zero-order chi connectivity index (χ0) is 15.0. The van der Waals surface area contributed by atoms with Gasteiger partial charge in [0, 0.05) is 5.39 Å². The zero-order valence-corrected chi connectivity index (χ0v) is 11.5. The van der Waals surface area contributed by atoms with E-state index >= 15 is 0 Å². The first-order chi connectivity index (χ1) is 10.1. The van der Waals surface area contributed by atoms with Gasteiger partial charge in [-0.05, 0) is 25.1 Å². The Balaban J connectivity index is 2.35. The Morgan fingerprint density at radius 2 is 2.00 bits per heavy atom. The number of rotatable bonds is 2. The third kappa shape index (κ3) is 2.03. The standard InChI is InChI=1S/C16H14N2O3/c1-2-21-16(20)10-7-8-12-13(15(10)19)14(17)9-5-3-4-6-11(9)18-12/h3-8,19H,2H2,1H3,(H2,17,18). The van der Waals surface area contributed by atoms with Gasteiger partial charge in [0.05, 0.1) is 28.7 Å². The molecule has 106 valence electrons. The van der Waals surface area contributed by atoms with Crippen LogP contribution in [0.4, 0.5) is 5.69 Å². The minimum absolute atomic E-state index is 0.0909. The molecular weight excluding hydrogens is 268 g/mol. The minimum atomic E-state index is -0.579. The molecule has 0 aliphatic carbocycles. The van der Waals surface area contributed by atoms with Crippen LogP contribution in [-0.2, 0) is 4.74 Å². The number of phenolic OH excluding ortho intramolecular Hbond substituents is 1. The van der Waals surface area contributed by atoms with Gasteiger partial charge in [-0.15, -0.1) is 0 Å². The smallest absolute Gasteiger partial charge is 0.341 e. The van der Waals surface area contributed by atoms with Crippen molar-refractivity contribution < 1.29 is 14.6 Å². The second-order valence-electron chi connectivity index (χ2n) is 4.62. The highest BCUT2D eigenvalue weighted by Gasteiger charge is 2.18. The zero-order valence-electron chi connectivity index (χ0n) is 11.5. The summed E-state index contributed by atoms with van der Waals surface area (Å²) in [6, 6.07) is 10.5. The fraction of sp³-hybridized carbons (Fsp3) is 0.125. The van der Waals surface area contributed by atoms with Crippen LogP contribution in [-0.4, -0.2) is 22.7 Å². The molecule has 3 rings (SSSR count). The normalized spacial score (nSPS) is 10.9. The molecular formula is C16H14N2O3. The van der Waals surface area contributed by atoms with Gasteiger partial charge < -0.3 is 15.6 Å². The van der Waals surface area contributed by atoms with E-state index in [4.69, 9.17) is 10.5 Å². The van der Waals surface area contributed by atoms with Crippen LogP contribution in [0, 0.1) is 0 Å². The summed E-state index contributed by atoms with van der Waals surface area (Å²) in [4.78, 5) is 16.3. The lowest BCUT2D eigenvalue weighted by atomic mass is 10.0. The van der Waals surface area contributed by atoms with E-state index in [9.17, 15) is 9.90 Å². The van der Waals surface area contributed by atoms with Crippen molar-refractivity contribution in [1.29, 1.82) is 0 Å². The number of pyridine rings is 1. The summed E-state index contributed by atoms with van der Waals surface area (Å²) in [5, 5.41) is 11.5. The molecule has 2 aromatic carbocycles. The Kier molecular flexibility index (Phi) is 3.10. The van der Waals surface area contributed by atoms with Gasteiger partial charge in [0.15, 0.2) is 0 Å². The molecule has 0 aliphatic heterocycles. The molecule has 0 saturated carbocycles. The van der Waals surface area contributed by atoms with Crippen LogP contribution in [0.3, 0.4) is 0 Å². The average molecular weight is 282 g/mol. The quantitative estimate of drug-likeness (QED) is 0.557. The number of nitrogen functional groups attached to an aromatic ring is 1. The number of benzene rings is 2. The monoisotopic (exact) mass is 282 g/mol. The van der Waals surface area contributed by atoms with E-state index in [1.807, 2.05) is 24.3 Å². The molecule has 21 heavy (non-hydrogen) atoms. The lowest BCUT2D eigenvalue weighted by Gasteiger charge is -2.11. The van der Waals surface area contributed by atoms with E-state index in [0.29, 0.717) is 16.6 Å². The van der Waals surface area contributed by atoms with E-state index in [-0.39, 0.29) is 17.9 Å². The van der Waals surface area contributed by atoms with Crippen molar-refractivity contribution in [3.63, 3.8) is 0 Å². The number of aromatic nitrogens is 1. The van der Waals surface area contributed by atoms with Gasteiger partial charge >= 0.3 is 5.97 Å². The van der Waals surface area contributed by atoms with E-state index in [0.717, 1.165) is 10.9 Å². The molecule has 1 aromatic heterocycles. The van der Waals surface area contributed by atoms with Crippen LogP contribution in [0.1, 0.15) is 17.3 Å². The van der Waals surface area contributed by atoms with Gasteiger partial charge in [-0.2, -0.15) is 0 Å². The highest BCUT2D eigenvalue weighted by Crippen LogP contribution is 2.36. The van der Waals surface area contributed by atoms with Crippen LogP contribution < -0.4 is 5.73 Å². The van der Waals surface area contributed by atoms with Crippen molar-refractivity contribution in [2.45, 2.75) is 6.92 Å². The van der Waals surface area contributed by atoms with Gasteiger partial charge in [-0.1, -0.05) is 18.2 Å². The fourth-order valence-electron chi connectivity index (χ4n) is 2.38. The number of anilines is 1. The van der Waals surface area contributed by atoms with Crippen molar-refractivity contribution in [1.82, 2.24) is 4.98 Å². The van der Waals surface area contributed by atoms with E-state index < -0.39 is 5.97 Å². The molecule has 5 nitrogen and oxygen atoms in total. The molecule has 0 amide bonds. The van der Waals surface area contributed by atoms with Crippen LogP contribution in [0.5, 0.6) is 5.75 Å². The molecule has 0 unspecified atom stereocenters. The molecule has 3 aromatic rings. The summed E-state index contributed by atoms with van der Waals surface area (Å²) < 4.78 is 4.92. The fourth-order valence-corrected chi connectivity index (χ4v) is 2.38. The number of phenols is 1. The predicted octanol–water partition coefficient (Wildman–Crippen LogP) is 2.85. The molecule has 0 aliphatic rings. The summed E-state index contributed by atoms with van der Waals surface area (Å²) in [6.45, 7) is 1.95. The molecule has 5 heteroatoms. The van der Waals surface area contributed by atoms with Crippen LogP contribution in [0.2, 0.25) is 0 Å². The van der Waals surface area contributed by atoms with Gasteiger partial charge in [0.1, 0.15) is 11.3 Å². The Bertz CT molecular complexity index is 859. The largest absolute Gasteiger partial charge is 0.506 e. The number of nitrogens with two attached hydrogens (primary N) is 1. The Labute approximate surface area is 121 Å². The number of ether oxygens (including phenoxy) is 1. The maximum Gasteiger partial charge on any atom is 0.341 e. The number of carbonyl (C=O) groups excluding carboxylic acids is 1. The Hall–Kier alpha value is -2.82. The van der Waals surface area contributed by atoms with Crippen LogP contribution in [0.15, 0.2) is 36.4 Å². The number of hydrogen-bond donors (Lipinski definition) is 2. The molecule has 0 saturated heterocycles. The van der Waals surface area contributed by atoms with Crippen LogP contribution >= 0.6 is 0 Å². The van der Waals surface area contributed by atoms with Crippen molar-refractivity contribution >= 4 is 33.5 Å². The second-order valence-corrected chi connectivity index (χ2v) is 4.62. The first kappa shape index (κ1) is 13.2. The van der Waals surface area contributed by atoms with Gasteiger partial charge in [-0.3, -0.25) is 0 Å². The first-order valence-corrected chi connectivity index (χ1v) is 6.60. The average Bonchev–Trinajstić information content (AvgIpc) is 2.47. The SMILES string of the molecule is CCOC(=O)c1ccc2nc3ccccc3c(N)c2c1O. The highest BCUT2D eigenvalue weighted by molar-refractivity contribution is 6.11. The van der Waals surface area contributed by atoms with Crippen LogP contribution in [0.25, 0.3) is 21.8 Å². The summed E-state index contributed by atoms with van der Waals surface area (Å²) in [5.41, 5.74) is 7.92. The molecule has 3 N–H and O–H groups in total. The maximum absolute atomic E-state index is 11.8. The molecule has 0 spiro atoms. The van der Waals surface area contributed by atoms with Gasteiger partial charge in [0.25, 0.3) is 0 Å². The van der Waals surface area contributed by atoms with Crippen molar-refractivity contribution in [2.75, 3.05) is 12.3 Å². The summed E-state index contributed by atoms with van der Waals surface area (Å²) >= 11 is 0. The Morgan fingerprint density at radius 1 is 1.24 bits per heavy atom. The van der Waals surface area contributed by atoms with Crippen molar-refractivity contribution in [3.05, 3.63) is 42.0 Å². The lowest BCUT2D eigenvalue weighted by Crippen LogP contribution is -2.05. The first-order valence-electron chi connectivity index (χ1n) is 6.60. The van der Waals surface area contributed by atoms with E-state index in [1.165, 1.54) is 6.07 Å². The predicted molar refractivity (Wildman–Crippen MR) is 81.3 cm³/mol. The molecule has 0 radical (unpaired) electrons. The number of para-hydroxylation sites is 1. The maximum atomic E-state index is 11.8. The third-order valence-electron chi connectivity index (χ3n) is 3.36. The highest BCUT2D eigenvalue weighted by atomic mass is 16.5. The van der Waals surface area contributed by atoms with Crippen molar-refractivity contribution in [3.8, 4) is 5.75 Å². The summed E-state index contributed by atoms with van der Waals surface area (Å²) in [7, 11) is 0.